The molecule has 0 spiro atoms. The number of hydrogen-bond acceptors (Lipinski definition) is 4. The molecule has 100 valence electrons. The summed E-state index contributed by atoms with van der Waals surface area (Å²) in [7, 11) is 0. The van der Waals surface area contributed by atoms with Gasteiger partial charge in [-0.3, -0.25) is 9.89 Å². The maximum absolute atomic E-state index is 11.7. The van der Waals surface area contributed by atoms with E-state index < -0.39 is 0 Å². The summed E-state index contributed by atoms with van der Waals surface area (Å²) in [4.78, 5) is 15.8. The van der Waals surface area contributed by atoms with Crippen LogP contribution in [-0.2, 0) is 6.42 Å². The number of carbonyl (C=O) groups excluding carboxylic acids is 1. The van der Waals surface area contributed by atoms with Crippen LogP contribution >= 0.6 is 0 Å². The second-order valence-electron chi connectivity index (χ2n) is 4.69. The zero-order valence-corrected chi connectivity index (χ0v) is 10.8. The highest BCUT2D eigenvalue weighted by molar-refractivity contribution is 5.90. The number of carbonyl (C=O) groups is 1. The van der Waals surface area contributed by atoms with Gasteiger partial charge in [0.2, 0.25) is 5.82 Å². The van der Waals surface area contributed by atoms with E-state index in [0.29, 0.717) is 6.54 Å². The lowest BCUT2D eigenvalue weighted by Gasteiger charge is -2.03. The molecule has 0 atom stereocenters. The van der Waals surface area contributed by atoms with Gasteiger partial charge in [-0.05, 0) is 32.2 Å². The van der Waals surface area contributed by atoms with Crippen molar-refractivity contribution in [1.29, 1.82) is 0 Å². The molecule has 1 heterocycles. The molecule has 18 heavy (non-hydrogen) atoms. The van der Waals surface area contributed by atoms with Crippen LogP contribution in [0.1, 0.15) is 49.1 Å². The highest BCUT2D eigenvalue weighted by Gasteiger charge is 2.19. The minimum absolute atomic E-state index is 0.194. The van der Waals surface area contributed by atoms with Crippen LogP contribution in [0.25, 0.3) is 0 Å². The Labute approximate surface area is 107 Å². The van der Waals surface area contributed by atoms with Crippen LogP contribution in [0.2, 0.25) is 0 Å². The van der Waals surface area contributed by atoms with Crippen LogP contribution in [0.5, 0.6) is 0 Å². The molecule has 0 aromatic carbocycles. The van der Waals surface area contributed by atoms with Gasteiger partial charge in [-0.2, -0.15) is 0 Å². The summed E-state index contributed by atoms with van der Waals surface area (Å²) in [6.45, 7) is 3.69. The minimum atomic E-state index is -0.194. The molecule has 1 aromatic rings. The van der Waals surface area contributed by atoms with Crippen molar-refractivity contribution in [1.82, 2.24) is 25.8 Å². The van der Waals surface area contributed by atoms with Crippen molar-refractivity contribution in [2.45, 2.75) is 45.1 Å². The van der Waals surface area contributed by atoms with Crippen LogP contribution in [0.3, 0.4) is 0 Å². The number of hydrogen-bond donors (Lipinski definition) is 3. The number of amides is 1. The van der Waals surface area contributed by atoms with E-state index in [1.165, 1.54) is 12.8 Å². The van der Waals surface area contributed by atoms with Crippen LogP contribution in [0, 0.1) is 0 Å². The number of aromatic amines is 1. The van der Waals surface area contributed by atoms with E-state index in [0.717, 1.165) is 37.7 Å². The molecular weight excluding hydrogens is 230 g/mol. The Bertz CT molecular complexity index is 386. The van der Waals surface area contributed by atoms with Gasteiger partial charge in [0.25, 0.3) is 5.91 Å². The third-order valence-corrected chi connectivity index (χ3v) is 2.87. The lowest BCUT2D eigenvalue weighted by molar-refractivity contribution is 0.0943. The van der Waals surface area contributed by atoms with E-state index in [9.17, 15) is 4.79 Å². The lowest BCUT2D eigenvalue weighted by Crippen LogP contribution is -2.28. The van der Waals surface area contributed by atoms with E-state index in [-0.39, 0.29) is 11.7 Å². The summed E-state index contributed by atoms with van der Waals surface area (Å²) in [5.41, 5.74) is 0. The third-order valence-electron chi connectivity index (χ3n) is 2.87. The van der Waals surface area contributed by atoms with E-state index >= 15 is 0 Å². The predicted molar refractivity (Wildman–Crippen MR) is 68.4 cm³/mol. The van der Waals surface area contributed by atoms with Gasteiger partial charge < -0.3 is 10.6 Å². The molecule has 1 aliphatic rings. The summed E-state index contributed by atoms with van der Waals surface area (Å²) in [5.74, 6) is 0.826. The molecule has 0 bridgehead atoms. The second-order valence-corrected chi connectivity index (χ2v) is 4.69. The van der Waals surface area contributed by atoms with Gasteiger partial charge in [0.15, 0.2) is 0 Å². The Kier molecular flexibility index (Phi) is 4.69. The Morgan fingerprint density at radius 2 is 2.28 bits per heavy atom. The van der Waals surface area contributed by atoms with Crippen LogP contribution in [0.15, 0.2) is 0 Å². The van der Waals surface area contributed by atoms with E-state index in [4.69, 9.17) is 0 Å². The third kappa shape index (κ3) is 4.10. The molecule has 2 rings (SSSR count). The van der Waals surface area contributed by atoms with Crippen molar-refractivity contribution in [2.75, 3.05) is 13.1 Å². The van der Waals surface area contributed by atoms with Crippen LogP contribution in [0.4, 0.5) is 0 Å². The van der Waals surface area contributed by atoms with Crippen molar-refractivity contribution in [2.24, 2.45) is 0 Å². The number of rotatable bonds is 8. The summed E-state index contributed by atoms with van der Waals surface area (Å²) in [5, 5.41) is 12.9. The molecule has 1 saturated carbocycles. The van der Waals surface area contributed by atoms with Gasteiger partial charge in [-0.1, -0.05) is 6.92 Å². The first-order valence-corrected chi connectivity index (χ1v) is 6.72. The molecule has 0 aliphatic heterocycles. The largest absolute Gasteiger partial charge is 0.349 e. The maximum atomic E-state index is 11.7. The van der Waals surface area contributed by atoms with Crippen LogP contribution < -0.4 is 10.6 Å². The van der Waals surface area contributed by atoms with E-state index in [1.807, 2.05) is 0 Å². The van der Waals surface area contributed by atoms with Gasteiger partial charge >= 0.3 is 0 Å². The number of nitrogens with zero attached hydrogens (tertiary/aromatic N) is 2. The summed E-state index contributed by atoms with van der Waals surface area (Å²) in [6.07, 6.45) is 5.34. The molecule has 3 N–H and O–H groups in total. The highest BCUT2D eigenvalue weighted by Crippen LogP contribution is 2.18. The van der Waals surface area contributed by atoms with Gasteiger partial charge in [0.1, 0.15) is 5.82 Å². The summed E-state index contributed by atoms with van der Waals surface area (Å²) >= 11 is 0. The van der Waals surface area contributed by atoms with Crippen molar-refractivity contribution in [3.8, 4) is 0 Å². The molecule has 1 aromatic heterocycles. The highest BCUT2D eigenvalue weighted by atomic mass is 16.2. The van der Waals surface area contributed by atoms with E-state index in [2.05, 4.69) is 32.7 Å². The van der Waals surface area contributed by atoms with Gasteiger partial charge in [-0.15, -0.1) is 5.10 Å². The molecule has 1 amide bonds. The van der Waals surface area contributed by atoms with Gasteiger partial charge in [0, 0.05) is 19.0 Å². The fourth-order valence-corrected chi connectivity index (χ4v) is 1.71. The normalized spacial score (nSPS) is 14.7. The first-order valence-electron chi connectivity index (χ1n) is 6.72. The molecule has 6 nitrogen and oxygen atoms in total. The average molecular weight is 251 g/mol. The molecule has 1 aliphatic carbocycles. The Hall–Kier alpha value is -1.43. The van der Waals surface area contributed by atoms with Gasteiger partial charge in [-0.25, -0.2) is 4.98 Å². The molecule has 1 fully saturated rings. The molecule has 0 radical (unpaired) electrons. The average Bonchev–Trinajstić information content (AvgIpc) is 3.07. The quantitative estimate of drug-likeness (QED) is 0.592. The first-order chi connectivity index (χ1) is 8.79. The predicted octanol–water partition coefficient (Wildman–Crippen LogP) is 0.629. The van der Waals surface area contributed by atoms with E-state index in [1.54, 1.807) is 0 Å². The maximum Gasteiger partial charge on any atom is 0.290 e. The van der Waals surface area contributed by atoms with Crippen molar-refractivity contribution in [3.05, 3.63) is 11.6 Å². The zero-order chi connectivity index (χ0) is 12.8. The zero-order valence-electron chi connectivity index (χ0n) is 10.8. The standard InChI is InChI=1S/C12H21N5O/c1-2-4-10-15-11(17-16-10)12(18)14-8-3-7-13-9-5-6-9/h9,13H,2-8H2,1H3,(H,14,18)(H,15,16,17). The van der Waals surface area contributed by atoms with Crippen molar-refractivity contribution in [3.63, 3.8) is 0 Å². The Balaban J connectivity index is 1.62. The minimum Gasteiger partial charge on any atom is -0.349 e. The topological polar surface area (TPSA) is 82.7 Å². The second kappa shape index (κ2) is 6.49. The fourth-order valence-electron chi connectivity index (χ4n) is 1.71. The fraction of sp³-hybridized carbons (Fsp3) is 0.750. The number of H-pyrrole nitrogens is 1. The summed E-state index contributed by atoms with van der Waals surface area (Å²) < 4.78 is 0. The lowest BCUT2D eigenvalue weighted by atomic mass is 10.3. The van der Waals surface area contributed by atoms with Gasteiger partial charge in [0.05, 0.1) is 0 Å². The number of aromatic nitrogens is 3. The Morgan fingerprint density at radius 3 is 3.00 bits per heavy atom. The van der Waals surface area contributed by atoms with Crippen LogP contribution in [-0.4, -0.2) is 40.2 Å². The van der Waals surface area contributed by atoms with Crippen molar-refractivity contribution >= 4 is 5.91 Å². The SMILES string of the molecule is CCCc1nc(C(=O)NCCCNC2CC2)n[nH]1. The first kappa shape index (κ1) is 13.0. The number of aryl methyl sites for hydroxylation is 1. The molecule has 0 saturated heterocycles. The Morgan fingerprint density at radius 1 is 1.44 bits per heavy atom. The van der Waals surface area contributed by atoms with Crippen molar-refractivity contribution < 1.29 is 4.79 Å². The smallest absolute Gasteiger partial charge is 0.290 e. The molecule has 0 unspecified atom stereocenters. The summed E-state index contributed by atoms with van der Waals surface area (Å²) in [6, 6.07) is 0.727. The molecule has 6 heteroatoms. The number of nitrogens with one attached hydrogen (secondary N) is 3. The monoisotopic (exact) mass is 251 g/mol. The molecular formula is C12H21N5O.